The third kappa shape index (κ3) is 1.98. The number of carbonyl (C=O) groups is 2. The monoisotopic (exact) mass is 237 g/mol. The standard InChI is InChI=1S/C12H19N3O2/c16-10-12(5-6-13-10)4-1-7-15(8-12)11(17)14-9-2-3-9/h9H,1-8H2,(H,13,16)(H,14,17)/t12-/m1/s1. The van der Waals surface area contributed by atoms with Crippen molar-refractivity contribution >= 4 is 11.9 Å². The molecule has 0 aromatic heterocycles. The molecule has 1 atom stereocenters. The number of likely N-dealkylation sites (tertiary alicyclic amines) is 1. The Bertz CT molecular complexity index is 354. The molecule has 2 N–H and O–H groups in total. The lowest BCUT2D eigenvalue weighted by molar-refractivity contribution is -0.129. The summed E-state index contributed by atoms with van der Waals surface area (Å²) in [7, 11) is 0. The van der Waals surface area contributed by atoms with E-state index in [1.54, 1.807) is 0 Å². The third-order valence-corrected chi connectivity index (χ3v) is 4.14. The van der Waals surface area contributed by atoms with Crippen molar-refractivity contribution in [2.45, 2.75) is 38.1 Å². The molecule has 3 rings (SSSR count). The summed E-state index contributed by atoms with van der Waals surface area (Å²) >= 11 is 0. The molecule has 2 aliphatic heterocycles. The third-order valence-electron chi connectivity index (χ3n) is 4.14. The van der Waals surface area contributed by atoms with Gasteiger partial charge in [0, 0.05) is 25.7 Å². The number of hydrogen-bond acceptors (Lipinski definition) is 2. The highest BCUT2D eigenvalue weighted by atomic mass is 16.2. The Morgan fingerprint density at radius 2 is 2.24 bits per heavy atom. The van der Waals surface area contributed by atoms with Crippen LogP contribution in [0.3, 0.4) is 0 Å². The first-order chi connectivity index (χ1) is 8.20. The van der Waals surface area contributed by atoms with E-state index in [9.17, 15) is 9.59 Å². The zero-order valence-corrected chi connectivity index (χ0v) is 10.00. The van der Waals surface area contributed by atoms with Gasteiger partial charge in [-0.3, -0.25) is 4.79 Å². The smallest absolute Gasteiger partial charge is 0.317 e. The lowest BCUT2D eigenvalue weighted by atomic mass is 9.78. The topological polar surface area (TPSA) is 61.4 Å². The summed E-state index contributed by atoms with van der Waals surface area (Å²) in [4.78, 5) is 25.7. The summed E-state index contributed by atoms with van der Waals surface area (Å²) in [6, 6.07) is 0.407. The van der Waals surface area contributed by atoms with E-state index in [2.05, 4.69) is 10.6 Å². The van der Waals surface area contributed by atoms with Crippen molar-refractivity contribution in [3.63, 3.8) is 0 Å². The van der Waals surface area contributed by atoms with Gasteiger partial charge in [0.15, 0.2) is 0 Å². The zero-order chi connectivity index (χ0) is 11.9. The molecule has 0 unspecified atom stereocenters. The molecule has 3 amide bonds. The van der Waals surface area contributed by atoms with E-state index in [0.717, 1.165) is 45.2 Å². The minimum Gasteiger partial charge on any atom is -0.356 e. The molecule has 2 heterocycles. The Hall–Kier alpha value is -1.26. The molecular formula is C12H19N3O2. The maximum Gasteiger partial charge on any atom is 0.317 e. The second-order valence-corrected chi connectivity index (χ2v) is 5.54. The van der Waals surface area contributed by atoms with E-state index in [1.165, 1.54) is 0 Å². The molecule has 2 saturated heterocycles. The number of rotatable bonds is 1. The van der Waals surface area contributed by atoms with Gasteiger partial charge in [-0.05, 0) is 32.1 Å². The summed E-state index contributed by atoms with van der Waals surface area (Å²) < 4.78 is 0. The second kappa shape index (κ2) is 3.89. The average molecular weight is 237 g/mol. The fraction of sp³-hybridized carbons (Fsp3) is 0.833. The second-order valence-electron chi connectivity index (χ2n) is 5.54. The van der Waals surface area contributed by atoms with E-state index in [-0.39, 0.29) is 17.4 Å². The molecule has 17 heavy (non-hydrogen) atoms. The molecule has 3 aliphatic rings. The van der Waals surface area contributed by atoms with E-state index in [0.29, 0.717) is 12.6 Å². The van der Waals surface area contributed by atoms with Gasteiger partial charge in [0.2, 0.25) is 5.91 Å². The number of hydrogen-bond donors (Lipinski definition) is 2. The molecule has 0 aromatic carbocycles. The highest BCUT2D eigenvalue weighted by molar-refractivity contribution is 5.86. The van der Waals surface area contributed by atoms with E-state index in [1.807, 2.05) is 4.90 Å². The molecule has 5 nitrogen and oxygen atoms in total. The number of nitrogens with zero attached hydrogens (tertiary/aromatic N) is 1. The van der Waals surface area contributed by atoms with Crippen molar-refractivity contribution in [1.29, 1.82) is 0 Å². The predicted octanol–water partition coefficient (Wildman–Crippen LogP) is 0.460. The quantitative estimate of drug-likeness (QED) is 0.696. The van der Waals surface area contributed by atoms with Gasteiger partial charge in [0.1, 0.15) is 0 Å². The number of carbonyl (C=O) groups excluding carboxylic acids is 2. The van der Waals surface area contributed by atoms with Crippen LogP contribution in [0.1, 0.15) is 32.1 Å². The predicted molar refractivity (Wildman–Crippen MR) is 62.4 cm³/mol. The maximum absolute atomic E-state index is 12.0. The van der Waals surface area contributed by atoms with Gasteiger partial charge in [-0.15, -0.1) is 0 Å². The van der Waals surface area contributed by atoms with Crippen molar-refractivity contribution in [3.8, 4) is 0 Å². The molecule has 0 radical (unpaired) electrons. The summed E-state index contributed by atoms with van der Waals surface area (Å²) in [5, 5.41) is 5.90. The minimum atomic E-state index is -0.293. The van der Waals surface area contributed by atoms with Crippen LogP contribution in [-0.2, 0) is 4.79 Å². The number of nitrogens with one attached hydrogen (secondary N) is 2. The summed E-state index contributed by atoms with van der Waals surface area (Å²) in [5.41, 5.74) is -0.293. The number of amides is 3. The first kappa shape index (κ1) is 10.9. The van der Waals surface area contributed by atoms with Crippen LogP contribution in [0, 0.1) is 5.41 Å². The maximum atomic E-state index is 12.0. The van der Waals surface area contributed by atoms with E-state index < -0.39 is 0 Å². The molecule has 1 saturated carbocycles. The first-order valence-electron chi connectivity index (χ1n) is 6.53. The fourth-order valence-corrected chi connectivity index (χ4v) is 2.90. The largest absolute Gasteiger partial charge is 0.356 e. The summed E-state index contributed by atoms with van der Waals surface area (Å²) in [6.45, 7) is 2.14. The van der Waals surface area contributed by atoms with Gasteiger partial charge < -0.3 is 15.5 Å². The Morgan fingerprint density at radius 3 is 2.88 bits per heavy atom. The molecule has 94 valence electrons. The lowest BCUT2D eigenvalue weighted by Crippen LogP contribution is -2.52. The zero-order valence-electron chi connectivity index (χ0n) is 10.00. The number of piperidine rings is 1. The normalized spacial score (nSPS) is 32.7. The van der Waals surface area contributed by atoms with Crippen LogP contribution in [0.25, 0.3) is 0 Å². The summed E-state index contributed by atoms with van der Waals surface area (Å²) in [5.74, 6) is 0.140. The van der Waals surface area contributed by atoms with Crippen LogP contribution in [0.2, 0.25) is 0 Å². The Balaban J connectivity index is 1.66. The van der Waals surface area contributed by atoms with Gasteiger partial charge in [0.25, 0.3) is 0 Å². The van der Waals surface area contributed by atoms with Gasteiger partial charge in [-0.1, -0.05) is 0 Å². The van der Waals surface area contributed by atoms with Crippen molar-refractivity contribution in [1.82, 2.24) is 15.5 Å². The highest BCUT2D eigenvalue weighted by Crippen LogP contribution is 2.36. The summed E-state index contributed by atoms with van der Waals surface area (Å²) in [6.07, 6.45) is 4.94. The van der Waals surface area contributed by atoms with Crippen molar-refractivity contribution in [2.75, 3.05) is 19.6 Å². The lowest BCUT2D eigenvalue weighted by Gasteiger charge is -2.38. The Kier molecular flexibility index (Phi) is 2.49. The van der Waals surface area contributed by atoms with E-state index >= 15 is 0 Å². The van der Waals surface area contributed by atoms with Crippen LogP contribution in [0.4, 0.5) is 4.79 Å². The average Bonchev–Trinajstić information content (AvgIpc) is 3.07. The van der Waals surface area contributed by atoms with Gasteiger partial charge in [-0.2, -0.15) is 0 Å². The highest BCUT2D eigenvalue weighted by Gasteiger charge is 2.46. The molecule has 0 aromatic rings. The van der Waals surface area contributed by atoms with Crippen molar-refractivity contribution in [2.24, 2.45) is 5.41 Å². The van der Waals surface area contributed by atoms with Crippen molar-refractivity contribution in [3.05, 3.63) is 0 Å². The Morgan fingerprint density at radius 1 is 1.41 bits per heavy atom. The van der Waals surface area contributed by atoms with Crippen LogP contribution in [0.15, 0.2) is 0 Å². The molecule has 3 fully saturated rings. The SMILES string of the molecule is O=C(NC1CC1)N1CCC[C@@]2(CCNC2=O)C1. The first-order valence-corrected chi connectivity index (χ1v) is 6.53. The minimum absolute atomic E-state index is 0.0197. The Labute approximate surface area is 101 Å². The van der Waals surface area contributed by atoms with Crippen LogP contribution >= 0.6 is 0 Å². The molecule has 5 heteroatoms. The van der Waals surface area contributed by atoms with Crippen LogP contribution in [0.5, 0.6) is 0 Å². The van der Waals surface area contributed by atoms with Gasteiger partial charge in [-0.25, -0.2) is 4.79 Å². The molecule has 0 bridgehead atoms. The van der Waals surface area contributed by atoms with Crippen LogP contribution in [-0.4, -0.2) is 42.5 Å². The molecule has 1 spiro atoms. The fourth-order valence-electron chi connectivity index (χ4n) is 2.90. The molecular weight excluding hydrogens is 218 g/mol. The van der Waals surface area contributed by atoms with Crippen molar-refractivity contribution < 1.29 is 9.59 Å². The van der Waals surface area contributed by atoms with Gasteiger partial charge in [0.05, 0.1) is 5.41 Å². The number of urea groups is 1. The van der Waals surface area contributed by atoms with Gasteiger partial charge >= 0.3 is 6.03 Å². The van der Waals surface area contributed by atoms with Crippen LogP contribution < -0.4 is 10.6 Å². The van der Waals surface area contributed by atoms with E-state index in [4.69, 9.17) is 0 Å². The molecule has 1 aliphatic carbocycles.